The van der Waals surface area contributed by atoms with Crippen molar-refractivity contribution >= 4 is 37.4 Å². The molecule has 0 saturated carbocycles. The number of fused-ring (bicyclic) bond motifs is 1. The summed E-state index contributed by atoms with van der Waals surface area (Å²) in [6.45, 7) is 5.77. The minimum atomic E-state index is -3.81. The van der Waals surface area contributed by atoms with E-state index in [1.165, 1.54) is 19.2 Å². The Kier molecular flexibility index (Phi) is 4.57. The molecule has 0 unspecified atom stereocenters. The van der Waals surface area contributed by atoms with Gasteiger partial charge >= 0.3 is 0 Å². The Morgan fingerprint density at radius 1 is 1.52 bits per heavy atom. The molecule has 21 heavy (non-hydrogen) atoms. The molecule has 0 aromatic carbocycles. The number of nitrogens with zero attached hydrogens (tertiary/aromatic N) is 1. The number of sulfone groups is 1. The lowest BCUT2D eigenvalue weighted by molar-refractivity contribution is 0.477. The molecule has 2 rings (SSSR count). The molecule has 0 fully saturated rings. The van der Waals surface area contributed by atoms with Crippen LogP contribution < -0.4 is 5.32 Å². The van der Waals surface area contributed by atoms with Gasteiger partial charge in [-0.1, -0.05) is 6.92 Å². The molecule has 0 bridgehead atoms. The van der Waals surface area contributed by atoms with Gasteiger partial charge in [-0.15, -0.1) is 11.3 Å². The Morgan fingerprint density at radius 2 is 2.19 bits per heavy atom. The third kappa shape index (κ3) is 2.92. The van der Waals surface area contributed by atoms with E-state index in [2.05, 4.69) is 9.71 Å². The number of nitrogens with one attached hydrogen (secondary N) is 1. The molecule has 0 amide bonds. The van der Waals surface area contributed by atoms with Crippen molar-refractivity contribution in [2.75, 3.05) is 6.54 Å². The zero-order valence-electron chi connectivity index (χ0n) is 12.0. The van der Waals surface area contributed by atoms with E-state index in [4.69, 9.17) is 0 Å². The van der Waals surface area contributed by atoms with Crippen LogP contribution in [-0.2, 0) is 19.9 Å². The molecule has 2 atom stereocenters. The standard InChI is InChI=1S/C12H18N2O4S3/c1-4-13-10-6-8(3)20(15,16)12-9(10)7-11(19-12)21(17,18)14-5-2/h5,7-8,10,13H,4,6H2,1-3H3/b14-5+/t8-,10-/m0/s1. The third-order valence-electron chi connectivity index (χ3n) is 3.38. The highest BCUT2D eigenvalue weighted by molar-refractivity contribution is 7.96. The van der Waals surface area contributed by atoms with E-state index in [1.54, 1.807) is 6.92 Å². The molecule has 1 aliphatic heterocycles. The first-order valence-electron chi connectivity index (χ1n) is 6.60. The predicted octanol–water partition coefficient (Wildman–Crippen LogP) is 1.74. The van der Waals surface area contributed by atoms with Crippen molar-refractivity contribution in [1.29, 1.82) is 0 Å². The van der Waals surface area contributed by atoms with Crippen molar-refractivity contribution in [3.05, 3.63) is 11.6 Å². The predicted molar refractivity (Wildman–Crippen MR) is 83.4 cm³/mol. The Morgan fingerprint density at radius 3 is 2.76 bits per heavy atom. The minimum absolute atomic E-state index is 0.0221. The summed E-state index contributed by atoms with van der Waals surface area (Å²) < 4.78 is 52.4. The van der Waals surface area contributed by atoms with Crippen LogP contribution in [-0.4, -0.2) is 34.8 Å². The molecule has 118 valence electrons. The molecular weight excluding hydrogens is 332 g/mol. The maximum atomic E-state index is 12.4. The van der Waals surface area contributed by atoms with Crippen LogP contribution in [0.3, 0.4) is 0 Å². The quantitative estimate of drug-likeness (QED) is 0.835. The highest BCUT2D eigenvalue weighted by Crippen LogP contribution is 2.43. The van der Waals surface area contributed by atoms with E-state index < -0.39 is 25.1 Å². The molecule has 0 aliphatic carbocycles. The fourth-order valence-electron chi connectivity index (χ4n) is 2.36. The second-order valence-electron chi connectivity index (χ2n) is 4.85. The summed E-state index contributed by atoms with van der Waals surface area (Å²) in [4.78, 5) is 0. The Bertz CT molecular complexity index is 762. The van der Waals surface area contributed by atoms with Gasteiger partial charge in [0.2, 0.25) is 0 Å². The largest absolute Gasteiger partial charge is 0.310 e. The van der Waals surface area contributed by atoms with Crippen LogP contribution in [0, 0.1) is 0 Å². The van der Waals surface area contributed by atoms with Gasteiger partial charge < -0.3 is 5.32 Å². The first-order chi connectivity index (χ1) is 9.74. The normalized spacial score (nSPS) is 25.1. The van der Waals surface area contributed by atoms with Crippen molar-refractivity contribution in [3.8, 4) is 0 Å². The second-order valence-corrected chi connectivity index (χ2v) is 10.3. The monoisotopic (exact) mass is 350 g/mol. The first-order valence-corrected chi connectivity index (χ1v) is 10.4. The van der Waals surface area contributed by atoms with Crippen molar-refractivity contribution in [3.63, 3.8) is 0 Å². The molecule has 1 aromatic rings. The highest BCUT2D eigenvalue weighted by Gasteiger charge is 2.39. The van der Waals surface area contributed by atoms with Gasteiger partial charge in [-0.3, -0.25) is 0 Å². The molecule has 9 heteroatoms. The van der Waals surface area contributed by atoms with Gasteiger partial charge in [0.05, 0.1) is 5.25 Å². The van der Waals surface area contributed by atoms with E-state index >= 15 is 0 Å². The number of thiophene rings is 1. The third-order valence-corrected chi connectivity index (χ3v) is 9.07. The van der Waals surface area contributed by atoms with Crippen LogP contribution in [0.15, 0.2) is 18.9 Å². The van der Waals surface area contributed by atoms with E-state index in [9.17, 15) is 16.8 Å². The molecular formula is C12H18N2O4S3. The molecule has 0 radical (unpaired) electrons. The highest BCUT2D eigenvalue weighted by atomic mass is 32.3. The van der Waals surface area contributed by atoms with Crippen LogP contribution >= 0.6 is 11.3 Å². The molecule has 0 spiro atoms. The zero-order chi connectivity index (χ0) is 15.8. The summed E-state index contributed by atoms with van der Waals surface area (Å²) in [6, 6.07) is 1.30. The van der Waals surface area contributed by atoms with Crippen LogP contribution in [0.2, 0.25) is 0 Å². The topological polar surface area (TPSA) is 92.7 Å². The fraction of sp³-hybridized carbons (Fsp3) is 0.583. The van der Waals surface area contributed by atoms with E-state index in [-0.39, 0.29) is 14.5 Å². The number of hydrogen-bond acceptors (Lipinski definition) is 6. The van der Waals surface area contributed by atoms with Crippen LogP contribution in [0.5, 0.6) is 0 Å². The van der Waals surface area contributed by atoms with Crippen LogP contribution in [0.4, 0.5) is 0 Å². The lowest BCUT2D eigenvalue weighted by Crippen LogP contribution is -2.33. The van der Waals surface area contributed by atoms with Gasteiger partial charge in [0, 0.05) is 17.8 Å². The fourth-order valence-corrected chi connectivity index (χ4v) is 7.23. The summed E-state index contributed by atoms with van der Waals surface area (Å²) in [7, 11) is -7.28. The van der Waals surface area contributed by atoms with Gasteiger partial charge in [0.1, 0.15) is 8.42 Å². The lowest BCUT2D eigenvalue weighted by atomic mass is 10.1. The summed E-state index contributed by atoms with van der Waals surface area (Å²) in [5.41, 5.74) is 0.546. The summed E-state index contributed by atoms with van der Waals surface area (Å²) in [5.74, 6) is 0. The number of hydrogen-bond donors (Lipinski definition) is 1. The van der Waals surface area contributed by atoms with Crippen molar-refractivity contribution < 1.29 is 16.8 Å². The first kappa shape index (κ1) is 16.6. The van der Waals surface area contributed by atoms with Crippen LogP contribution in [0.1, 0.15) is 38.8 Å². The molecule has 1 N–H and O–H groups in total. The number of sulfonamides is 1. The van der Waals surface area contributed by atoms with Crippen LogP contribution in [0.25, 0.3) is 0 Å². The van der Waals surface area contributed by atoms with Gasteiger partial charge in [-0.25, -0.2) is 8.42 Å². The SMILES string of the molecule is C/C=N/S(=O)(=O)c1cc2c(s1)S(=O)(=O)[C@@H](C)C[C@@H]2NCC. The summed E-state index contributed by atoms with van der Waals surface area (Å²) >= 11 is 0.793. The van der Waals surface area contributed by atoms with Crippen molar-refractivity contribution in [2.45, 2.75) is 46.9 Å². The lowest BCUT2D eigenvalue weighted by Gasteiger charge is -2.27. The molecule has 1 aromatic heterocycles. The Balaban J connectivity index is 2.63. The average Bonchev–Trinajstić information content (AvgIpc) is 2.83. The van der Waals surface area contributed by atoms with Gasteiger partial charge in [-0.2, -0.15) is 12.8 Å². The maximum absolute atomic E-state index is 12.4. The molecule has 6 nitrogen and oxygen atoms in total. The Labute approximate surface area is 129 Å². The summed E-state index contributed by atoms with van der Waals surface area (Å²) in [6.07, 6.45) is 1.63. The molecule has 0 saturated heterocycles. The van der Waals surface area contributed by atoms with Gasteiger partial charge in [-0.05, 0) is 32.9 Å². The van der Waals surface area contributed by atoms with E-state index in [0.717, 1.165) is 11.3 Å². The number of rotatable bonds is 4. The van der Waals surface area contributed by atoms with E-state index in [1.807, 2.05) is 6.92 Å². The van der Waals surface area contributed by atoms with E-state index in [0.29, 0.717) is 18.5 Å². The minimum Gasteiger partial charge on any atom is -0.310 e. The maximum Gasteiger partial charge on any atom is 0.291 e. The molecule has 2 heterocycles. The van der Waals surface area contributed by atoms with Gasteiger partial charge in [0.15, 0.2) is 9.84 Å². The summed E-state index contributed by atoms with van der Waals surface area (Å²) in [5, 5.41) is 2.68. The van der Waals surface area contributed by atoms with Crippen molar-refractivity contribution in [2.24, 2.45) is 4.40 Å². The van der Waals surface area contributed by atoms with Gasteiger partial charge in [0.25, 0.3) is 10.0 Å². The molecule has 1 aliphatic rings. The zero-order valence-corrected chi connectivity index (χ0v) is 14.5. The Hall–Kier alpha value is -0.770. The average molecular weight is 350 g/mol. The second kappa shape index (κ2) is 5.79. The van der Waals surface area contributed by atoms with Crippen molar-refractivity contribution in [1.82, 2.24) is 5.32 Å². The smallest absolute Gasteiger partial charge is 0.291 e.